The standard InChI is InChI=1S/C16H20F2O2/c1-4-16(17,18)15(20-10-13(2)3)12-19-11-14-8-6-5-7-9-14/h4-9,15H,1-2,10-12H2,3H3. The Morgan fingerprint density at radius 3 is 2.55 bits per heavy atom. The van der Waals surface area contributed by atoms with E-state index < -0.39 is 12.0 Å². The molecule has 2 nitrogen and oxygen atoms in total. The second-order valence-corrected chi connectivity index (χ2v) is 4.64. The van der Waals surface area contributed by atoms with Crippen LogP contribution in [0.15, 0.2) is 55.1 Å². The average molecular weight is 282 g/mol. The van der Waals surface area contributed by atoms with Crippen LogP contribution >= 0.6 is 0 Å². The Hall–Kier alpha value is -1.52. The second-order valence-electron chi connectivity index (χ2n) is 4.64. The Labute approximate surface area is 118 Å². The van der Waals surface area contributed by atoms with Crippen LogP contribution in [0.1, 0.15) is 12.5 Å². The smallest absolute Gasteiger partial charge is 0.294 e. The number of benzene rings is 1. The quantitative estimate of drug-likeness (QED) is 0.638. The third-order valence-corrected chi connectivity index (χ3v) is 2.61. The molecule has 20 heavy (non-hydrogen) atoms. The van der Waals surface area contributed by atoms with E-state index in [1.165, 1.54) is 0 Å². The van der Waals surface area contributed by atoms with Crippen molar-refractivity contribution in [2.24, 2.45) is 0 Å². The van der Waals surface area contributed by atoms with Crippen molar-refractivity contribution < 1.29 is 18.3 Å². The van der Waals surface area contributed by atoms with Crippen molar-refractivity contribution in [1.29, 1.82) is 0 Å². The van der Waals surface area contributed by atoms with Crippen molar-refractivity contribution in [1.82, 2.24) is 0 Å². The van der Waals surface area contributed by atoms with Gasteiger partial charge >= 0.3 is 0 Å². The molecule has 4 heteroatoms. The summed E-state index contributed by atoms with van der Waals surface area (Å²) >= 11 is 0. The first-order valence-corrected chi connectivity index (χ1v) is 6.34. The Bertz CT molecular complexity index is 429. The van der Waals surface area contributed by atoms with E-state index in [2.05, 4.69) is 13.2 Å². The zero-order valence-corrected chi connectivity index (χ0v) is 11.6. The third kappa shape index (κ3) is 5.63. The van der Waals surface area contributed by atoms with Gasteiger partial charge in [-0.25, -0.2) is 0 Å². The lowest BCUT2D eigenvalue weighted by Gasteiger charge is -2.24. The van der Waals surface area contributed by atoms with Crippen molar-refractivity contribution in [2.75, 3.05) is 13.2 Å². The lowest BCUT2D eigenvalue weighted by Crippen LogP contribution is -2.38. The fraction of sp³-hybridized carbons (Fsp3) is 0.375. The second kappa shape index (κ2) is 7.92. The van der Waals surface area contributed by atoms with Crippen molar-refractivity contribution in [3.8, 4) is 0 Å². The van der Waals surface area contributed by atoms with Crippen molar-refractivity contribution >= 4 is 0 Å². The predicted octanol–water partition coefficient (Wildman–Crippen LogP) is 3.99. The summed E-state index contributed by atoms with van der Waals surface area (Å²) in [4.78, 5) is 0. The van der Waals surface area contributed by atoms with E-state index >= 15 is 0 Å². The number of halogens is 2. The van der Waals surface area contributed by atoms with Gasteiger partial charge in [0.2, 0.25) is 0 Å². The maximum Gasteiger partial charge on any atom is 0.294 e. The molecular formula is C16H20F2O2. The topological polar surface area (TPSA) is 18.5 Å². The molecule has 0 fully saturated rings. The molecule has 1 rings (SSSR count). The number of alkyl halides is 2. The zero-order chi connectivity index (χ0) is 15.0. The molecule has 110 valence electrons. The van der Waals surface area contributed by atoms with Crippen molar-refractivity contribution in [3.05, 3.63) is 60.7 Å². The van der Waals surface area contributed by atoms with E-state index in [1.54, 1.807) is 6.92 Å². The first kappa shape index (κ1) is 16.5. The number of hydrogen-bond acceptors (Lipinski definition) is 2. The van der Waals surface area contributed by atoms with Gasteiger partial charge in [0, 0.05) is 0 Å². The summed E-state index contributed by atoms with van der Waals surface area (Å²) in [6.07, 6.45) is -0.775. The minimum atomic E-state index is -3.13. The molecule has 1 atom stereocenters. The molecule has 1 unspecified atom stereocenters. The summed E-state index contributed by atoms with van der Waals surface area (Å²) in [7, 11) is 0. The van der Waals surface area contributed by atoms with Crippen LogP contribution in [-0.2, 0) is 16.1 Å². The molecule has 0 bridgehead atoms. The summed E-state index contributed by atoms with van der Waals surface area (Å²) in [6.45, 7) is 8.61. The maximum atomic E-state index is 13.6. The van der Waals surface area contributed by atoms with E-state index in [4.69, 9.17) is 9.47 Å². The number of hydrogen-bond donors (Lipinski definition) is 0. The van der Waals surface area contributed by atoms with E-state index in [0.29, 0.717) is 11.6 Å². The van der Waals surface area contributed by atoms with E-state index in [1.807, 2.05) is 30.3 Å². The van der Waals surface area contributed by atoms with Crippen molar-refractivity contribution in [2.45, 2.75) is 25.6 Å². The van der Waals surface area contributed by atoms with Gasteiger partial charge in [-0.15, -0.1) is 0 Å². The molecule has 0 saturated carbocycles. The summed E-state index contributed by atoms with van der Waals surface area (Å²) in [5.74, 6) is -3.13. The van der Waals surface area contributed by atoms with Crippen LogP contribution in [0.5, 0.6) is 0 Å². The number of rotatable bonds is 9. The highest BCUT2D eigenvalue weighted by Crippen LogP contribution is 2.23. The van der Waals surface area contributed by atoms with Gasteiger partial charge in [-0.3, -0.25) is 0 Å². The predicted molar refractivity (Wildman–Crippen MR) is 75.8 cm³/mol. The lowest BCUT2D eigenvalue weighted by molar-refractivity contribution is -0.131. The lowest BCUT2D eigenvalue weighted by atomic mass is 10.2. The van der Waals surface area contributed by atoms with Crippen LogP contribution in [0.25, 0.3) is 0 Å². The normalized spacial score (nSPS) is 12.9. The fourth-order valence-corrected chi connectivity index (χ4v) is 1.50. The first-order valence-electron chi connectivity index (χ1n) is 6.34. The largest absolute Gasteiger partial charge is 0.374 e. The van der Waals surface area contributed by atoms with Crippen LogP contribution in [-0.4, -0.2) is 25.2 Å². The van der Waals surface area contributed by atoms with Gasteiger partial charge in [0.25, 0.3) is 5.92 Å². The van der Waals surface area contributed by atoms with Crippen LogP contribution in [0.4, 0.5) is 8.78 Å². The molecule has 0 spiro atoms. The number of ether oxygens (including phenoxy) is 2. The Morgan fingerprint density at radius 2 is 2.00 bits per heavy atom. The van der Waals surface area contributed by atoms with Crippen LogP contribution in [0.3, 0.4) is 0 Å². The summed E-state index contributed by atoms with van der Waals surface area (Å²) in [5.41, 5.74) is 1.60. The van der Waals surface area contributed by atoms with Gasteiger partial charge in [-0.2, -0.15) is 8.78 Å². The molecule has 0 amide bonds. The molecule has 0 aliphatic rings. The molecule has 0 heterocycles. The van der Waals surface area contributed by atoms with Gasteiger partial charge in [-0.1, -0.05) is 49.1 Å². The summed E-state index contributed by atoms with van der Waals surface area (Å²) < 4.78 is 37.8. The average Bonchev–Trinajstić information content (AvgIpc) is 2.43. The molecule has 0 aliphatic heterocycles. The fourth-order valence-electron chi connectivity index (χ4n) is 1.50. The van der Waals surface area contributed by atoms with Crippen LogP contribution in [0, 0.1) is 0 Å². The molecule has 0 radical (unpaired) electrons. The Kier molecular flexibility index (Phi) is 6.55. The summed E-state index contributed by atoms with van der Waals surface area (Å²) in [5, 5.41) is 0. The van der Waals surface area contributed by atoms with E-state index in [-0.39, 0.29) is 19.8 Å². The zero-order valence-electron chi connectivity index (χ0n) is 11.6. The van der Waals surface area contributed by atoms with Gasteiger partial charge in [0.15, 0.2) is 0 Å². The van der Waals surface area contributed by atoms with E-state index in [9.17, 15) is 8.78 Å². The van der Waals surface area contributed by atoms with Crippen molar-refractivity contribution in [3.63, 3.8) is 0 Å². The molecule has 0 aliphatic carbocycles. The highest BCUT2D eigenvalue weighted by Gasteiger charge is 2.37. The molecule has 1 aromatic rings. The van der Waals surface area contributed by atoms with Gasteiger partial charge in [-0.05, 0) is 18.6 Å². The molecule has 0 saturated heterocycles. The minimum absolute atomic E-state index is 0.0722. The van der Waals surface area contributed by atoms with Crippen LogP contribution < -0.4 is 0 Å². The molecule has 0 aromatic heterocycles. The van der Waals surface area contributed by atoms with Gasteiger partial charge in [0.05, 0.1) is 19.8 Å². The molecule has 0 N–H and O–H groups in total. The Balaban J connectivity index is 2.52. The highest BCUT2D eigenvalue weighted by atomic mass is 19.3. The monoisotopic (exact) mass is 282 g/mol. The highest BCUT2D eigenvalue weighted by molar-refractivity contribution is 5.13. The third-order valence-electron chi connectivity index (χ3n) is 2.61. The van der Waals surface area contributed by atoms with Crippen LogP contribution in [0.2, 0.25) is 0 Å². The summed E-state index contributed by atoms with van der Waals surface area (Å²) in [6, 6.07) is 9.36. The van der Waals surface area contributed by atoms with E-state index in [0.717, 1.165) is 5.56 Å². The molecule has 1 aromatic carbocycles. The Morgan fingerprint density at radius 1 is 1.35 bits per heavy atom. The minimum Gasteiger partial charge on any atom is -0.374 e. The first-order chi connectivity index (χ1) is 9.45. The van der Waals surface area contributed by atoms with Gasteiger partial charge < -0.3 is 9.47 Å². The van der Waals surface area contributed by atoms with Gasteiger partial charge in [0.1, 0.15) is 6.10 Å². The molecular weight excluding hydrogens is 262 g/mol. The maximum absolute atomic E-state index is 13.6. The SMILES string of the molecule is C=CC(F)(F)C(COCc1ccccc1)OCC(=C)C.